The number of fused-ring (bicyclic) bond motifs is 2. The molecule has 0 N–H and O–H groups in total. The first-order valence-corrected chi connectivity index (χ1v) is 11.0. The third-order valence-electron chi connectivity index (χ3n) is 5.56. The summed E-state index contributed by atoms with van der Waals surface area (Å²) in [6.45, 7) is 0.773. The molecular weight excluding hydrogens is 362 g/mol. The number of rotatable bonds is 2. The van der Waals surface area contributed by atoms with Crippen LogP contribution in [0.1, 0.15) is 55.9 Å². The molecule has 1 aliphatic heterocycles. The molecule has 0 saturated carbocycles. The van der Waals surface area contributed by atoms with Crippen molar-refractivity contribution in [3.8, 4) is 0 Å². The van der Waals surface area contributed by atoms with Gasteiger partial charge in [0.05, 0.1) is 11.7 Å². The Morgan fingerprint density at radius 2 is 2.04 bits per heavy atom. The van der Waals surface area contributed by atoms with Gasteiger partial charge in [0.2, 0.25) is 0 Å². The minimum Gasteiger partial charge on any atom is -0.325 e. The second-order valence-corrected chi connectivity index (χ2v) is 9.05. The number of carbonyl (C=O) groups is 1. The molecule has 2 aliphatic rings. The molecule has 0 spiro atoms. The molecule has 0 aromatic carbocycles. The van der Waals surface area contributed by atoms with Gasteiger partial charge in [-0.15, -0.1) is 22.7 Å². The number of hydrogen-bond donors (Lipinski definition) is 0. The molecule has 1 amide bonds. The zero-order valence-corrected chi connectivity index (χ0v) is 16.4. The van der Waals surface area contributed by atoms with Crippen LogP contribution in [0.15, 0.2) is 29.0 Å². The van der Waals surface area contributed by atoms with Crippen molar-refractivity contribution in [2.45, 2.75) is 38.1 Å². The molecule has 4 heterocycles. The monoisotopic (exact) mass is 383 g/mol. The molecule has 0 radical (unpaired) electrons. The van der Waals surface area contributed by atoms with Gasteiger partial charge in [-0.25, -0.2) is 0 Å². The van der Waals surface area contributed by atoms with Crippen molar-refractivity contribution >= 4 is 28.6 Å². The number of hydrogen-bond acceptors (Lipinski definition) is 4. The molecule has 1 aliphatic carbocycles. The normalized spacial score (nSPS) is 19.3. The number of carbonyl (C=O) groups excluding carboxylic acids is 1. The maximum atomic E-state index is 13.7. The number of aromatic nitrogens is 2. The second kappa shape index (κ2) is 6.35. The van der Waals surface area contributed by atoms with E-state index in [-0.39, 0.29) is 11.9 Å². The summed E-state index contributed by atoms with van der Waals surface area (Å²) in [6, 6.07) is 6.46. The maximum absolute atomic E-state index is 13.7. The van der Waals surface area contributed by atoms with Crippen LogP contribution in [0.4, 0.5) is 0 Å². The molecule has 3 aromatic rings. The van der Waals surface area contributed by atoms with Crippen LogP contribution in [0, 0.1) is 0 Å². The zero-order chi connectivity index (χ0) is 17.7. The van der Waals surface area contributed by atoms with E-state index in [0.29, 0.717) is 0 Å². The first-order valence-electron chi connectivity index (χ1n) is 9.19. The van der Waals surface area contributed by atoms with E-state index in [0.717, 1.165) is 43.6 Å². The Bertz CT molecular complexity index is 954. The second-order valence-electron chi connectivity index (χ2n) is 7.07. The van der Waals surface area contributed by atoms with Crippen LogP contribution in [0.25, 0.3) is 0 Å². The molecule has 0 bridgehead atoms. The molecule has 0 saturated heterocycles. The van der Waals surface area contributed by atoms with Crippen molar-refractivity contribution in [2.24, 2.45) is 7.05 Å². The lowest BCUT2D eigenvalue weighted by Crippen LogP contribution is -2.41. The molecule has 26 heavy (non-hydrogen) atoms. The topological polar surface area (TPSA) is 38.1 Å². The van der Waals surface area contributed by atoms with Crippen molar-refractivity contribution in [1.82, 2.24) is 14.7 Å². The molecule has 3 aromatic heterocycles. The van der Waals surface area contributed by atoms with Gasteiger partial charge >= 0.3 is 0 Å². The fourth-order valence-electron chi connectivity index (χ4n) is 4.37. The van der Waals surface area contributed by atoms with Crippen LogP contribution < -0.4 is 0 Å². The first-order chi connectivity index (χ1) is 12.7. The van der Waals surface area contributed by atoms with Gasteiger partial charge in [0, 0.05) is 28.9 Å². The minimum atomic E-state index is 0.0339. The number of nitrogens with zero attached hydrogens (tertiary/aromatic N) is 3. The summed E-state index contributed by atoms with van der Waals surface area (Å²) in [5.41, 5.74) is 4.42. The lowest BCUT2D eigenvalue weighted by molar-refractivity contribution is 0.0686. The quantitative estimate of drug-likeness (QED) is 0.665. The summed E-state index contributed by atoms with van der Waals surface area (Å²) < 4.78 is 1.83. The molecule has 1 unspecified atom stereocenters. The largest absolute Gasteiger partial charge is 0.325 e. The molecule has 4 nitrogen and oxygen atoms in total. The number of aryl methyl sites for hydroxylation is 2. The average Bonchev–Trinajstić information content (AvgIpc) is 3.38. The van der Waals surface area contributed by atoms with Gasteiger partial charge in [-0.1, -0.05) is 6.07 Å². The van der Waals surface area contributed by atoms with Gasteiger partial charge in [-0.2, -0.15) is 5.10 Å². The van der Waals surface area contributed by atoms with E-state index in [1.54, 1.807) is 11.3 Å². The Kier molecular flexibility index (Phi) is 3.98. The number of thiophene rings is 2. The van der Waals surface area contributed by atoms with Crippen molar-refractivity contribution < 1.29 is 4.79 Å². The van der Waals surface area contributed by atoms with Crippen LogP contribution in [-0.4, -0.2) is 27.1 Å². The van der Waals surface area contributed by atoms with Gasteiger partial charge in [-0.3, -0.25) is 9.48 Å². The van der Waals surface area contributed by atoms with Crippen LogP contribution in [-0.2, 0) is 26.3 Å². The molecule has 0 fully saturated rings. The third kappa shape index (κ3) is 2.47. The predicted molar refractivity (Wildman–Crippen MR) is 105 cm³/mol. The third-order valence-corrected chi connectivity index (χ3v) is 7.48. The fourth-order valence-corrected chi connectivity index (χ4v) is 6.13. The van der Waals surface area contributed by atoms with E-state index in [2.05, 4.69) is 39.0 Å². The summed E-state index contributed by atoms with van der Waals surface area (Å²) in [7, 11) is 1.92. The lowest BCUT2D eigenvalue weighted by Gasteiger charge is -2.35. The summed E-state index contributed by atoms with van der Waals surface area (Å²) >= 11 is 3.55. The number of amides is 1. The lowest BCUT2D eigenvalue weighted by atomic mass is 9.94. The van der Waals surface area contributed by atoms with Crippen molar-refractivity contribution in [3.63, 3.8) is 0 Å². The molecule has 1 atom stereocenters. The van der Waals surface area contributed by atoms with Crippen LogP contribution in [0.3, 0.4) is 0 Å². The van der Waals surface area contributed by atoms with Crippen molar-refractivity contribution in [1.29, 1.82) is 0 Å². The highest BCUT2D eigenvalue weighted by molar-refractivity contribution is 7.10. The fraction of sp³-hybridized carbons (Fsp3) is 0.400. The maximum Gasteiger partial charge on any atom is 0.273 e. The summed E-state index contributed by atoms with van der Waals surface area (Å²) in [5, 5.41) is 8.92. The van der Waals surface area contributed by atoms with E-state index in [1.165, 1.54) is 27.3 Å². The van der Waals surface area contributed by atoms with E-state index in [9.17, 15) is 4.79 Å². The van der Waals surface area contributed by atoms with Gasteiger partial charge in [0.15, 0.2) is 0 Å². The molecule has 134 valence electrons. The SMILES string of the molecule is Cn1nc2c(c1C(=O)N1CCc3sccc3C1c1cccs1)CCCC2. The highest BCUT2D eigenvalue weighted by atomic mass is 32.1. The minimum absolute atomic E-state index is 0.0339. The van der Waals surface area contributed by atoms with Crippen LogP contribution in [0.5, 0.6) is 0 Å². The van der Waals surface area contributed by atoms with Gasteiger partial charge in [-0.05, 0) is 60.6 Å². The molecule has 6 heteroatoms. The Morgan fingerprint density at radius 3 is 2.88 bits per heavy atom. The Balaban J connectivity index is 1.59. The van der Waals surface area contributed by atoms with E-state index in [4.69, 9.17) is 0 Å². The standard InChI is InChI=1S/C20H21N3OS2/c1-22-19(13-5-2-3-6-15(13)21-22)20(24)23-10-8-16-14(9-12-26-16)18(23)17-7-4-11-25-17/h4,7,9,11-12,18H,2-3,5-6,8,10H2,1H3. The van der Waals surface area contributed by atoms with Crippen LogP contribution >= 0.6 is 22.7 Å². The first kappa shape index (κ1) is 16.3. The van der Waals surface area contributed by atoms with Gasteiger partial charge < -0.3 is 4.90 Å². The smallest absolute Gasteiger partial charge is 0.273 e. The highest BCUT2D eigenvalue weighted by Crippen LogP contribution is 2.40. The Morgan fingerprint density at radius 1 is 1.15 bits per heavy atom. The van der Waals surface area contributed by atoms with Crippen molar-refractivity contribution in [2.75, 3.05) is 6.54 Å². The van der Waals surface area contributed by atoms with Gasteiger partial charge in [0.1, 0.15) is 5.69 Å². The van der Waals surface area contributed by atoms with E-state index in [1.807, 2.05) is 23.1 Å². The van der Waals surface area contributed by atoms with E-state index < -0.39 is 0 Å². The highest BCUT2D eigenvalue weighted by Gasteiger charge is 2.36. The van der Waals surface area contributed by atoms with E-state index >= 15 is 0 Å². The zero-order valence-electron chi connectivity index (χ0n) is 14.8. The predicted octanol–water partition coefficient (Wildman–Crippen LogP) is 4.21. The summed E-state index contributed by atoms with van der Waals surface area (Å²) in [5.74, 6) is 0.137. The molecular formula is C20H21N3OS2. The summed E-state index contributed by atoms with van der Waals surface area (Å²) in [6.07, 6.45) is 5.26. The molecule has 5 rings (SSSR count). The van der Waals surface area contributed by atoms with Crippen LogP contribution in [0.2, 0.25) is 0 Å². The summed E-state index contributed by atoms with van der Waals surface area (Å²) in [4.78, 5) is 18.4. The average molecular weight is 384 g/mol. The van der Waals surface area contributed by atoms with Crippen molar-refractivity contribution in [3.05, 3.63) is 61.2 Å². The Hall–Kier alpha value is -1.92. The van der Waals surface area contributed by atoms with Gasteiger partial charge in [0.25, 0.3) is 5.91 Å². The Labute approximate surface area is 161 Å².